The van der Waals surface area contributed by atoms with Crippen molar-refractivity contribution in [3.63, 3.8) is 0 Å². The molecule has 0 unspecified atom stereocenters. The molecule has 12 nitrogen and oxygen atoms in total. The molecular weight excluding hydrogens is 532 g/mol. The van der Waals surface area contributed by atoms with Crippen molar-refractivity contribution in [2.75, 3.05) is 10.6 Å². The lowest BCUT2D eigenvalue weighted by Crippen LogP contribution is -2.00. The Kier molecular flexibility index (Phi) is 6.22. The van der Waals surface area contributed by atoms with Crippen molar-refractivity contribution in [1.82, 2.24) is 50.3 Å². The molecule has 0 spiro atoms. The van der Waals surface area contributed by atoms with Crippen LogP contribution >= 0.6 is 22.7 Å². The molecule has 0 amide bonds. The Morgan fingerprint density at radius 2 is 1.13 bits per heavy atom. The Labute approximate surface area is 230 Å². The number of nitrogens with one attached hydrogen (secondary N) is 4. The van der Waals surface area contributed by atoms with Gasteiger partial charge in [-0.15, -0.1) is 22.7 Å². The van der Waals surface area contributed by atoms with Crippen LogP contribution in [-0.2, 0) is 25.7 Å². The van der Waals surface area contributed by atoms with Crippen molar-refractivity contribution >= 4 is 44.8 Å². The van der Waals surface area contributed by atoms with Crippen LogP contribution in [0.4, 0.5) is 22.2 Å². The van der Waals surface area contributed by atoms with E-state index >= 15 is 0 Å². The maximum atomic E-state index is 4.69. The quantitative estimate of drug-likeness (QED) is 0.240. The molecule has 39 heavy (non-hydrogen) atoms. The fourth-order valence-electron chi connectivity index (χ4n) is 4.57. The lowest BCUT2D eigenvalue weighted by Gasteiger charge is -2.08. The van der Waals surface area contributed by atoms with Gasteiger partial charge in [0.05, 0.1) is 23.8 Å². The molecule has 4 N–H and O–H groups in total. The second kappa shape index (κ2) is 10.3. The van der Waals surface area contributed by atoms with Crippen LogP contribution in [0.1, 0.15) is 27.6 Å². The summed E-state index contributed by atoms with van der Waals surface area (Å²) in [5.41, 5.74) is 6.64. The SMILES string of the molecule is c1cnc(Nc2nc3c(s2)CCCc2[nH]ncc2-3)nc1.c1cnc(Nc2nc3c(s2)CCc2[nH]ncc2-3)nc1. The van der Waals surface area contributed by atoms with Crippen LogP contribution in [0.5, 0.6) is 0 Å². The van der Waals surface area contributed by atoms with E-state index in [1.54, 1.807) is 59.6 Å². The minimum absolute atomic E-state index is 0.570. The monoisotopic (exact) mass is 554 g/mol. The highest BCUT2D eigenvalue weighted by Gasteiger charge is 2.23. The van der Waals surface area contributed by atoms with Crippen molar-refractivity contribution in [2.24, 2.45) is 0 Å². The molecule has 0 aromatic carbocycles. The highest BCUT2D eigenvalue weighted by atomic mass is 32.1. The normalized spacial score (nSPS) is 13.1. The van der Waals surface area contributed by atoms with Crippen LogP contribution in [-0.4, -0.2) is 50.3 Å². The number of aryl methyl sites for hydroxylation is 4. The molecule has 6 heterocycles. The Bertz CT molecular complexity index is 1700. The van der Waals surface area contributed by atoms with Crippen molar-refractivity contribution in [3.05, 3.63) is 70.5 Å². The Morgan fingerprint density at radius 1 is 0.615 bits per heavy atom. The Morgan fingerprint density at radius 3 is 1.69 bits per heavy atom. The molecule has 14 heteroatoms. The number of fused-ring (bicyclic) bond motifs is 6. The van der Waals surface area contributed by atoms with E-state index in [1.807, 2.05) is 12.4 Å². The molecule has 6 aromatic rings. The van der Waals surface area contributed by atoms with Crippen LogP contribution in [0.2, 0.25) is 0 Å². The fraction of sp³-hybridized carbons (Fsp3) is 0.200. The first-order chi connectivity index (χ1) is 19.3. The molecular formula is C25H22N12S2. The van der Waals surface area contributed by atoms with Gasteiger partial charge in [-0.05, 0) is 44.2 Å². The smallest absolute Gasteiger partial charge is 0.228 e. The van der Waals surface area contributed by atoms with Gasteiger partial charge in [0.15, 0.2) is 10.3 Å². The Hall–Kier alpha value is -4.56. The molecule has 0 aliphatic heterocycles. The van der Waals surface area contributed by atoms with Crippen LogP contribution < -0.4 is 10.6 Å². The van der Waals surface area contributed by atoms with E-state index in [0.29, 0.717) is 11.9 Å². The average Bonchev–Trinajstić information content (AvgIpc) is 3.75. The van der Waals surface area contributed by atoms with Crippen LogP contribution in [0, 0.1) is 0 Å². The summed E-state index contributed by atoms with van der Waals surface area (Å²) in [6.45, 7) is 0. The summed E-state index contributed by atoms with van der Waals surface area (Å²) in [5.74, 6) is 1.14. The first-order valence-electron chi connectivity index (χ1n) is 12.4. The van der Waals surface area contributed by atoms with Gasteiger partial charge in [-0.1, -0.05) is 0 Å². The van der Waals surface area contributed by atoms with Crippen molar-refractivity contribution in [3.8, 4) is 22.5 Å². The molecule has 0 saturated heterocycles. The lowest BCUT2D eigenvalue weighted by atomic mass is 10.0. The molecule has 2 aliphatic carbocycles. The van der Waals surface area contributed by atoms with Gasteiger partial charge in [-0.2, -0.15) is 10.2 Å². The number of hydrogen-bond acceptors (Lipinski definition) is 12. The number of aromatic amines is 2. The summed E-state index contributed by atoms with van der Waals surface area (Å²) >= 11 is 3.32. The van der Waals surface area contributed by atoms with E-state index in [2.05, 4.69) is 60.9 Å². The summed E-state index contributed by atoms with van der Waals surface area (Å²) in [4.78, 5) is 28.5. The number of H-pyrrole nitrogens is 2. The van der Waals surface area contributed by atoms with Gasteiger partial charge in [-0.3, -0.25) is 10.2 Å². The molecule has 8 rings (SSSR count). The van der Waals surface area contributed by atoms with Crippen molar-refractivity contribution in [1.29, 1.82) is 0 Å². The first kappa shape index (κ1) is 23.5. The summed E-state index contributed by atoms with van der Waals surface area (Å²) in [7, 11) is 0. The topological polar surface area (TPSA) is 159 Å². The standard InChI is InChI=1S/C13H12N6S.C12H10N6S/c1-3-9-8(7-16-19-9)11-10(4-1)20-13(17-11)18-12-14-5-2-6-15-12;1-4-13-11(14-5-1)17-12-16-10-7-6-15-18-8(7)2-3-9(10)19-12/h2,5-7H,1,3-4H2,(H,16,19)(H,14,15,17,18);1,4-6H,2-3H2,(H,15,18)(H,13,14,16,17). The molecule has 2 aliphatic rings. The molecule has 6 aromatic heterocycles. The van der Waals surface area contributed by atoms with E-state index < -0.39 is 0 Å². The van der Waals surface area contributed by atoms with E-state index in [0.717, 1.165) is 64.9 Å². The van der Waals surface area contributed by atoms with Crippen LogP contribution in [0.15, 0.2) is 49.3 Å². The lowest BCUT2D eigenvalue weighted by molar-refractivity contribution is 0.811. The summed E-state index contributed by atoms with van der Waals surface area (Å²) < 4.78 is 0. The third-order valence-corrected chi connectivity index (χ3v) is 8.40. The maximum Gasteiger partial charge on any atom is 0.228 e. The number of hydrogen-bond donors (Lipinski definition) is 4. The zero-order chi connectivity index (χ0) is 26.0. The summed E-state index contributed by atoms with van der Waals surface area (Å²) in [6, 6.07) is 3.58. The predicted molar refractivity (Wildman–Crippen MR) is 149 cm³/mol. The second-order valence-corrected chi connectivity index (χ2v) is 11.0. The van der Waals surface area contributed by atoms with E-state index in [1.165, 1.54) is 21.1 Å². The number of thiazole rings is 2. The number of aromatic nitrogens is 10. The number of nitrogens with zero attached hydrogens (tertiary/aromatic N) is 8. The van der Waals surface area contributed by atoms with E-state index in [-0.39, 0.29) is 0 Å². The summed E-state index contributed by atoms with van der Waals surface area (Å²) in [6.07, 6.45) is 15.7. The maximum absolute atomic E-state index is 4.69. The number of anilines is 4. The van der Waals surface area contributed by atoms with Gasteiger partial charge in [0.1, 0.15) is 0 Å². The molecule has 0 atom stereocenters. The summed E-state index contributed by atoms with van der Waals surface area (Å²) in [5, 5.41) is 22.3. The largest absolute Gasteiger partial charge is 0.300 e. The third-order valence-electron chi connectivity index (χ3n) is 6.34. The van der Waals surface area contributed by atoms with Gasteiger partial charge in [-0.25, -0.2) is 29.9 Å². The minimum atomic E-state index is 0.570. The second-order valence-electron chi connectivity index (χ2n) is 8.85. The molecule has 0 bridgehead atoms. The average molecular weight is 555 g/mol. The highest BCUT2D eigenvalue weighted by molar-refractivity contribution is 7.16. The van der Waals surface area contributed by atoms with E-state index in [9.17, 15) is 0 Å². The first-order valence-corrected chi connectivity index (χ1v) is 14.1. The van der Waals surface area contributed by atoms with Gasteiger partial charge in [0, 0.05) is 57.1 Å². The van der Waals surface area contributed by atoms with Crippen LogP contribution in [0.25, 0.3) is 22.5 Å². The van der Waals surface area contributed by atoms with Gasteiger partial charge < -0.3 is 10.6 Å². The van der Waals surface area contributed by atoms with Crippen molar-refractivity contribution < 1.29 is 0 Å². The van der Waals surface area contributed by atoms with Gasteiger partial charge in [0.25, 0.3) is 0 Å². The third kappa shape index (κ3) is 4.86. The zero-order valence-corrected chi connectivity index (χ0v) is 22.2. The highest BCUT2D eigenvalue weighted by Crippen LogP contribution is 2.38. The molecule has 0 saturated carbocycles. The Balaban J connectivity index is 0.000000130. The predicted octanol–water partition coefficient (Wildman–Crippen LogP) is 4.72. The van der Waals surface area contributed by atoms with Gasteiger partial charge in [0.2, 0.25) is 11.9 Å². The van der Waals surface area contributed by atoms with Crippen molar-refractivity contribution in [2.45, 2.75) is 32.1 Å². The fourth-order valence-corrected chi connectivity index (χ4v) is 6.55. The number of rotatable bonds is 4. The molecule has 0 radical (unpaired) electrons. The van der Waals surface area contributed by atoms with Crippen LogP contribution in [0.3, 0.4) is 0 Å². The zero-order valence-electron chi connectivity index (χ0n) is 20.5. The van der Waals surface area contributed by atoms with Gasteiger partial charge >= 0.3 is 0 Å². The van der Waals surface area contributed by atoms with E-state index in [4.69, 9.17) is 0 Å². The minimum Gasteiger partial charge on any atom is -0.300 e. The molecule has 194 valence electrons. The molecule has 0 fully saturated rings.